The molecule has 0 unspecified atom stereocenters. The molecule has 0 spiro atoms. The molecule has 8 heteroatoms. The van der Waals surface area contributed by atoms with Crippen LogP contribution in [0.1, 0.15) is 61.6 Å². The summed E-state index contributed by atoms with van der Waals surface area (Å²) in [6.07, 6.45) is 4.48. The average Bonchev–Trinajstić information content (AvgIpc) is 3.37. The third-order valence-electron chi connectivity index (χ3n) is 5.50. The molecule has 2 heterocycles. The number of carbonyl (C=O) groups excluding carboxylic acids is 1. The van der Waals surface area contributed by atoms with E-state index in [2.05, 4.69) is 54.5 Å². The quantitative estimate of drug-likeness (QED) is 0.450. The second-order valence-corrected chi connectivity index (χ2v) is 11.0. The van der Waals surface area contributed by atoms with Crippen LogP contribution in [0.25, 0.3) is 11.5 Å². The van der Waals surface area contributed by atoms with Crippen LogP contribution in [0.15, 0.2) is 33.9 Å². The average molecular weight is 467 g/mol. The van der Waals surface area contributed by atoms with Gasteiger partial charge in [0.1, 0.15) is 11.1 Å². The van der Waals surface area contributed by atoms with Crippen molar-refractivity contribution in [3.8, 4) is 17.5 Å². The number of hydrogen-bond acceptors (Lipinski definition) is 7. The Bertz CT molecular complexity index is 1150. The van der Waals surface area contributed by atoms with Gasteiger partial charge in [0, 0.05) is 22.6 Å². The Balaban J connectivity index is 1.31. The Morgan fingerprint density at radius 2 is 1.97 bits per heavy atom. The van der Waals surface area contributed by atoms with Crippen LogP contribution in [0, 0.1) is 11.3 Å². The lowest BCUT2D eigenvalue weighted by molar-refractivity contribution is -0.115. The molecule has 0 fully saturated rings. The van der Waals surface area contributed by atoms with Gasteiger partial charge in [-0.3, -0.25) is 4.79 Å². The van der Waals surface area contributed by atoms with E-state index in [1.165, 1.54) is 22.2 Å². The van der Waals surface area contributed by atoms with E-state index in [4.69, 9.17) is 4.42 Å². The molecule has 0 saturated carbocycles. The minimum atomic E-state index is -0.106. The standard InChI is InChI=1S/C24H26N4O2S2/c1-24(2,3)16-10-8-15(9-11-16)21-27-28-23(30-21)31-13-12-20(29)26-22-18(14-25)17-6-4-5-7-19(17)32-22/h8-11H,4-7,12-13H2,1-3H3,(H,26,29). The molecule has 2 aromatic heterocycles. The first-order valence-electron chi connectivity index (χ1n) is 10.8. The van der Waals surface area contributed by atoms with Gasteiger partial charge in [-0.05, 0) is 54.4 Å². The van der Waals surface area contributed by atoms with E-state index in [1.807, 2.05) is 12.1 Å². The molecular weight excluding hydrogens is 440 g/mol. The zero-order valence-electron chi connectivity index (χ0n) is 18.5. The summed E-state index contributed by atoms with van der Waals surface area (Å²) in [6.45, 7) is 6.52. The molecule has 4 rings (SSSR count). The van der Waals surface area contributed by atoms with Gasteiger partial charge in [-0.25, -0.2) is 0 Å². The van der Waals surface area contributed by atoms with Crippen LogP contribution >= 0.6 is 23.1 Å². The van der Waals surface area contributed by atoms with Crippen LogP contribution in [0.2, 0.25) is 0 Å². The van der Waals surface area contributed by atoms with Crippen molar-refractivity contribution in [2.24, 2.45) is 0 Å². The smallest absolute Gasteiger partial charge is 0.276 e. The number of aryl methyl sites for hydroxylation is 1. The van der Waals surface area contributed by atoms with E-state index in [0.29, 0.717) is 33.9 Å². The maximum atomic E-state index is 12.4. The molecule has 0 aliphatic heterocycles. The zero-order chi connectivity index (χ0) is 22.7. The number of rotatable bonds is 6. The number of hydrogen-bond donors (Lipinski definition) is 1. The highest BCUT2D eigenvalue weighted by atomic mass is 32.2. The van der Waals surface area contributed by atoms with Gasteiger partial charge >= 0.3 is 0 Å². The molecule has 3 aromatic rings. The molecule has 1 aliphatic rings. The van der Waals surface area contributed by atoms with Gasteiger partial charge in [-0.1, -0.05) is 44.7 Å². The minimum absolute atomic E-state index is 0.0887. The molecule has 0 radical (unpaired) electrons. The maximum Gasteiger partial charge on any atom is 0.276 e. The third kappa shape index (κ3) is 5.05. The van der Waals surface area contributed by atoms with E-state index in [0.717, 1.165) is 36.8 Å². The van der Waals surface area contributed by atoms with Gasteiger partial charge in [0.25, 0.3) is 5.22 Å². The van der Waals surface area contributed by atoms with Gasteiger partial charge in [0.2, 0.25) is 11.8 Å². The first-order valence-corrected chi connectivity index (χ1v) is 12.6. The summed E-state index contributed by atoms with van der Waals surface area (Å²) in [5, 5.41) is 21.8. The Labute approximate surface area is 196 Å². The molecule has 1 amide bonds. The lowest BCUT2D eigenvalue weighted by Gasteiger charge is -2.18. The van der Waals surface area contributed by atoms with E-state index < -0.39 is 0 Å². The summed E-state index contributed by atoms with van der Waals surface area (Å²) in [5.74, 6) is 0.883. The number of nitriles is 1. The molecule has 0 saturated heterocycles. The number of nitrogens with zero attached hydrogens (tertiary/aromatic N) is 3. The Kier molecular flexibility index (Phi) is 6.68. The molecular formula is C24H26N4O2S2. The van der Waals surface area contributed by atoms with Gasteiger partial charge in [0.15, 0.2) is 0 Å². The first-order chi connectivity index (χ1) is 15.3. The Morgan fingerprint density at radius 3 is 2.69 bits per heavy atom. The molecule has 1 N–H and O–H groups in total. The fraction of sp³-hybridized carbons (Fsp3) is 0.417. The van der Waals surface area contributed by atoms with Crippen LogP contribution in [0.3, 0.4) is 0 Å². The summed E-state index contributed by atoms with van der Waals surface area (Å²) >= 11 is 2.90. The number of nitrogens with one attached hydrogen (secondary N) is 1. The Morgan fingerprint density at radius 1 is 1.22 bits per heavy atom. The SMILES string of the molecule is CC(C)(C)c1ccc(-c2nnc(SCCC(=O)Nc3sc4c(c3C#N)CCCC4)o2)cc1. The number of anilines is 1. The zero-order valence-corrected chi connectivity index (χ0v) is 20.2. The fourth-order valence-corrected chi connectivity index (χ4v) is 5.64. The summed E-state index contributed by atoms with van der Waals surface area (Å²) in [6, 6.07) is 10.4. The van der Waals surface area contributed by atoms with Crippen molar-refractivity contribution in [2.45, 2.75) is 63.5 Å². The number of thiophene rings is 1. The van der Waals surface area contributed by atoms with E-state index >= 15 is 0 Å². The van der Waals surface area contributed by atoms with Crippen molar-refractivity contribution in [3.05, 3.63) is 45.8 Å². The van der Waals surface area contributed by atoms with Crippen LogP contribution in [0.5, 0.6) is 0 Å². The fourth-order valence-electron chi connectivity index (χ4n) is 3.69. The van der Waals surface area contributed by atoms with Gasteiger partial charge in [-0.2, -0.15) is 5.26 Å². The second-order valence-electron chi connectivity index (χ2n) is 8.87. The number of amides is 1. The maximum absolute atomic E-state index is 12.4. The molecule has 1 aromatic carbocycles. The summed E-state index contributed by atoms with van der Waals surface area (Å²) in [5.41, 5.74) is 3.98. The second kappa shape index (κ2) is 9.47. The number of aromatic nitrogens is 2. The normalized spacial score (nSPS) is 13.4. The lowest BCUT2D eigenvalue weighted by atomic mass is 9.87. The van der Waals surface area contributed by atoms with Crippen molar-refractivity contribution in [3.63, 3.8) is 0 Å². The van der Waals surface area contributed by atoms with Crippen molar-refractivity contribution >= 4 is 34.0 Å². The van der Waals surface area contributed by atoms with Crippen LogP contribution < -0.4 is 5.32 Å². The monoisotopic (exact) mass is 466 g/mol. The predicted octanol–water partition coefficient (Wildman–Crippen LogP) is 5.97. The van der Waals surface area contributed by atoms with Crippen molar-refractivity contribution in [1.82, 2.24) is 10.2 Å². The number of thioether (sulfide) groups is 1. The van der Waals surface area contributed by atoms with E-state index in [-0.39, 0.29) is 11.3 Å². The predicted molar refractivity (Wildman–Crippen MR) is 128 cm³/mol. The van der Waals surface area contributed by atoms with Crippen LogP contribution in [-0.2, 0) is 23.1 Å². The first kappa shape index (κ1) is 22.6. The van der Waals surface area contributed by atoms with Gasteiger partial charge in [0.05, 0.1) is 5.56 Å². The number of benzene rings is 1. The van der Waals surface area contributed by atoms with Crippen LogP contribution in [0.4, 0.5) is 5.00 Å². The molecule has 6 nitrogen and oxygen atoms in total. The molecule has 0 atom stereocenters. The summed E-state index contributed by atoms with van der Waals surface area (Å²) < 4.78 is 5.75. The highest BCUT2D eigenvalue weighted by Gasteiger charge is 2.22. The largest absolute Gasteiger partial charge is 0.411 e. The van der Waals surface area contributed by atoms with Crippen molar-refractivity contribution in [1.29, 1.82) is 5.26 Å². The van der Waals surface area contributed by atoms with Gasteiger partial charge < -0.3 is 9.73 Å². The minimum Gasteiger partial charge on any atom is -0.411 e. The molecule has 0 bridgehead atoms. The lowest BCUT2D eigenvalue weighted by Crippen LogP contribution is -2.12. The molecule has 1 aliphatic carbocycles. The number of carbonyl (C=O) groups is 1. The van der Waals surface area contributed by atoms with E-state index in [9.17, 15) is 10.1 Å². The molecule has 166 valence electrons. The highest BCUT2D eigenvalue weighted by molar-refractivity contribution is 7.99. The molecule has 32 heavy (non-hydrogen) atoms. The number of fused-ring (bicyclic) bond motifs is 1. The Hall–Kier alpha value is -2.63. The van der Waals surface area contributed by atoms with Crippen molar-refractivity contribution in [2.75, 3.05) is 11.1 Å². The summed E-state index contributed by atoms with van der Waals surface area (Å²) in [7, 11) is 0. The topological polar surface area (TPSA) is 91.8 Å². The van der Waals surface area contributed by atoms with Gasteiger partial charge in [-0.15, -0.1) is 21.5 Å². The highest BCUT2D eigenvalue weighted by Crippen LogP contribution is 2.37. The summed E-state index contributed by atoms with van der Waals surface area (Å²) in [4.78, 5) is 13.7. The van der Waals surface area contributed by atoms with E-state index in [1.54, 1.807) is 11.3 Å². The van der Waals surface area contributed by atoms with Crippen LogP contribution in [-0.4, -0.2) is 21.9 Å². The van der Waals surface area contributed by atoms with Crippen molar-refractivity contribution < 1.29 is 9.21 Å². The third-order valence-corrected chi connectivity index (χ3v) is 7.52.